The van der Waals surface area contributed by atoms with Gasteiger partial charge in [0.05, 0.1) is 10.7 Å². The van der Waals surface area contributed by atoms with Gasteiger partial charge >= 0.3 is 0 Å². The molecule has 2 nitrogen and oxygen atoms in total. The van der Waals surface area contributed by atoms with Crippen LogP contribution in [-0.2, 0) is 7.05 Å². The summed E-state index contributed by atoms with van der Waals surface area (Å²) in [6.45, 7) is 4.03. The molecule has 16 heavy (non-hydrogen) atoms. The van der Waals surface area contributed by atoms with Crippen molar-refractivity contribution >= 4 is 23.2 Å². The fraction of sp³-hybridized carbons (Fsp3) is 0.250. The first-order valence-corrected chi connectivity index (χ1v) is 5.71. The van der Waals surface area contributed by atoms with Crippen LogP contribution in [-0.4, -0.2) is 9.55 Å². The fourth-order valence-electron chi connectivity index (χ4n) is 1.63. The highest BCUT2D eigenvalue weighted by Crippen LogP contribution is 2.30. The third-order valence-corrected chi connectivity index (χ3v) is 3.34. The maximum Gasteiger partial charge on any atom is 0.141 e. The van der Waals surface area contributed by atoms with E-state index in [1.807, 2.05) is 37.6 Å². The summed E-state index contributed by atoms with van der Waals surface area (Å²) in [4.78, 5) is 4.51. The Kier molecular flexibility index (Phi) is 2.96. The van der Waals surface area contributed by atoms with Crippen molar-refractivity contribution < 1.29 is 0 Å². The SMILES string of the molecule is Cc1nc(-c2ccc(Cl)cc2Cl)n(C)c1C. The third-order valence-electron chi connectivity index (χ3n) is 2.79. The van der Waals surface area contributed by atoms with Gasteiger partial charge in [0.25, 0.3) is 0 Å². The fourth-order valence-corrected chi connectivity index (χ4v) is 2.12. The van der Waals surface area contributed by atoms with Gasteiger partial charge in [-0.1, -0.05) is 23.2 Å². The number of imidazole rings is 1. The highest BCUT2D eigenvalue weighted by atomic mass is 35.5. The minimum absolute atomic E-state index is 0.626. The number of benzene rings is 1. The molecule has 1 aromatic carbocycles. The molecule has 84 valence electrons. The van der Waals surface area contributed by atoms with E-state index in [9.17, 15) is 0 Å². The molecular weight excluding hydrogens is 243 g/mol. The highest BCUT2D eigenvalue weighted by Gasteiger charge is 2.12. The zero-order valence-electron chi connectivity index (χ0n) is 9.38. The molecule has 4 heteroatoms. The Morgan fingerprint density at radius 3 is 2.38 bits per heavy atom. The van der Waals surface area contributed by atoms with Gasteiger partial charge in [0.2, 0.25) is 0 Å². The normalized spacial score (nSPS) is 10.8. The number of hydrogen-bond donors (Lipinski definition) is 0. The van der Waals surface area contributed by atoms with Gasteiger partial charge < -0.3 is 4.57 Å². The number of aromatic nitrogens is 2. The Morgan fingerprint density at radius 1 is 1.19 bits per heavy atom. The Balaban J connectivity index is 2.63. The van der Waals surface area contributed by atoms with Gasteiger partial charge in [-0.2, -0.15) is 0 Å². The van der Waals surface area contributed by atoms with Crippen molar-refractivity contribution in [2.24, 2.45) is 7.05 Å². The van der Waals surface area contributed by atoms with Gasteiger partial charge in [0.15, 0.2) is 0 Å². The maximum absolute atomic E-state index is 6.16. The van der Waals surface area contributed by atoms with E-state index in [0.717, 1.165) is 22.8 Å². The molecule has 1 heterocycles. The monoisotopic (exact) mass is 254 g/mol. The van der Waals surface area contributed by atoms with E-state index in [0.29, 0.717) is 10.0 Å². The molecule has 0 saturated heterocycles. The molecule has 0 aliphatic heterocycles. The molecule has 0 unspecified atom stereocenters. The predicted octanol–water partition coefficient (Wildman–Crippen LogP) is 4.01. The van der Waals surface area contributed by atoms with Crippen molar-refractivity contribution in [1.82, 2.24) is 9.55 Å². The van der Waals surface area contributed by atoms with Gasteiger partial charge in [0.1, 0.15) is 5.82 Å². The van der Waals surface area contributed by atoms with Crippen molar-refractivity contribution in [2.75, 3.05) is 0 Å². The smallest absolute Gasteiger partial charge is 0.141 e. The number of rotatable bonds is 1. The largest absolute Gasteiger partial charge is 0.331 e. The molecule has 1 aromatic heterocycles. The summed E-state index contributed by atoms with van der Waals surface area (Å²) in [7, 11) is 1.98. The van der Waals surface area contributed by atoms with Crippen LogP contribution in [0.2, 0.25) is 10.0 Å². The molecule has 0 aliphatic rings. The Bertz CT molecular complexity index is 544. The summed E-state index contributed by atoms with van der Waals surface area (Å²) in [5.41, 5.74) is 3.06. The summed E-state index contributed by atoms with van der Waals surface area (Å²) >= 11 is 12.0. The maximum atomic E-state index is 6.16. The van der Waals surface area contributed by atoms with Crippen molar-refractivity contribution in [3.63, 3.8) is 0 Å². The van der Waals surface area contributed by atoms with E-state index in [1.165, 1.54) is 0 Å². The number of halogens is 2. The molecule has 0 fully saturated rings. The number of aryl methyl sites for hydroxylation is 1. The van der Waals surface area contributed by atoms with Gasteiger partial charge in [-0.3, -0.25) is 0 Å². The van der Waals surface area contributed by atoms with Crippen molar-refractivity contribution in [3.05, 3.63) is 39.6 Å². The van der Waals surface area contributed by atoms with E-state index < -0.39 is 0 Å². The van der Waals surface area contributed by atoms with Crippen LogP contribution in [0.3, 0.4) is 0 Å². The lowest BCUT2D eigenvalue weighted by molar-refractivity contribution is 0.881. The van der Waals surface area contributed by atoms with E-state index in [2.05, 4.69) is 4.98 Å². The van der Waals surface area contributed by atoms with E-state index in [-0.39, 0.29) is 0 Å². The van der Waals surface area contributed by atoms with Crippen molar-refractivity contribution in [2.45, 2.75) is 13.8 Å². The molecule has 0 atom stereocenters. The first-order valence-electron chi connectivity index (χ1n) is 4.96. The number of nitrogens with zero attached hydrogens (tertiary/aromatic N) is 2. The lowest BCUT2D eigenvalue weighted by Gasteiger charge is -2.05. The lowest BCUT2D eigenvalue weighted by atomic mass is 10.2. The molecule has 0 amide bonds. The van der Waals surface area contributed by atoms with Gasteiger partial charge in [0, 0.05) is 23.3 Å². The summed E-state index contributed by atoms with van der Waals surface area (Å²) in [6.07, 6.45) is 0. The summed E-state index contributed by atoms with van der Waals surface area (Å²) < 4.78 is 2.03. The zero-order chi connectivity index (χ0) is 11.9. The molecule has 0 N–H and O–H groups in total. The third kappa shape index (κ3) is 1.83. The first kappa shape index (κ1) is 11.5. The summed E-state index contributed by atoms with van der Waals surface area (Å²) in [6, 6.07) is 5.45. The second kappa shape index (κ2) is 4.11. The Morgan fingerprint density at radius 2 is 1.88 bits per heavy atom. The Hall–Kier alpha value is -0.990. The molecular formula is C12H12Cl2N2. The standard InChI is InChI=1S/C12H12Cl2N2/c1-7-8(2)16(3)12(15-7)10-5-4-9(13)6-11(10)14/h4-6H,1-3H3. The van der Waals surface area contributed by atoms with Crippen LogP contribution in [0.1, 0.15) is 11.4 Å². The Labute approximate surface area is 105 Å². The quantitative estimate of drug-likeness (QED) is 0.752. The van der Waals surface area contributed by atoms with E-state index >= 15 is 0 Å². The molecule has 0 aliphatic carbocycles. The molecule has 2 aromatic rings. The van der Waals surface area contributed by atoms with Crippen molar-refractivity contribution in [3.8, 4) is 11.4 Å². The average Bonchev–Trinajstić information content (AvgIpc) is 2.46. The van der Waals surface area contributed by atoms with Gasteiger partial charge in [-0.15, -0.1) is 0 Å². The molecule has 0 bridgehead atoms. The van der Waals surface area contributed by atoms with Crippen LogP contribution < -0.4 is 0 Å². The van der Waals surface area contributed by atoms with Crippen LogP contribution in [0.15, 0.2) is 18.2 Å². The van der Waals surface area contributed by atoms with Crippen LogP contribution in [0.4, 0.5) is 0 Å². The van der Waals surface area contributed by atoms with E-state index in [4.69, 9.17) is 23.2 Å². The highest BCUT2D eigenvalue weighted by molar-refractivity contribution is 6.36. The van der Waals surface area contributed by atoms with Crippen molar-refractivity contribution in [1.29, 1.82) is 0 Å². The predicted molar refractivity (Wildman–Crippen MR) is 68.1 cm³/mol. The minimum Gasteiger partial charge on any atom is -0.331 e. The second-order valence-electron chi connectivity index (χ2n) is 3.79. The molecule has 2 rings (SSSR count). The zero-order valence-corrected chi connectivity index (χ0v) is 10.9. The van der Waals surface area contributed by atoms with Gasteiger partial charge in [-0.05, 0) is 32.0 Å². The molecule has 0 saturated carbocycles. The topological polar surface area (TPSA) is 17.8 Å². The van der Waals surface area contributed by atoms with Crippen LogP contribution in [0.25, 0.3) is 11.4 Å². The minimum atomic E-state index is 0.626. The van der Waals surface area contributed by atoms with Crippen LogP contribution in [0, 0.1) is 13.8 Å². The molecule has 0 radical (unpaired) electrons. The number of hydrogen-bond acceptors (Lipinski definition) is 1. The summed E-state index contributed by atoms with van der Waals surface area (Å²) in [5, 5.41) is 1.26. The molecule has 0 spiro atoms. The van der Waals surface area contributed by atoms with Crippen LogP contribution >= 0.6 is 23.2 Å². The van der Waals surface area contributed by atoms with E-state index in [1.54, 1.807) is 6.07 Å². The van der Waals surface area contributed by atoms with Gasteiger partial charge in [-0.25, -0.2) is 4.98 Å². The lowest BCUT2D eigenvalue weighted by Crippen LogP contribution is -1.95. The first-order chi connectivity index (χ1) is 7.50. The summed E-state index contributed by atoms with van der Waals surface area (Å²) in [5.74, 6) is 0.872. The second-order valence-corrected chi connectivity index (χ2v) is 4.63. The average molecular weight is 255 g/mol. The van der Waals surface area contributed by atoms with Crippen LogP contribution in [0.5, 0.6) is 0 Å².